The first-order valence-corrected chi connectivity index (χ1v) is 11.2. The Bertz CT molecular complexity index is 697. The molecule has 0 fully saturated rings. The third-order valence-corrected chi connectivity index (χ3v) is 4.50. The van der Waals surface area contributed by atoms with E-state index in [1.165, 1.54) is 11.1 Å². The normalized spacial score (nSPS) is 15.5. The highest BCUT2D eigenvalue weighted by Gasteiger charge is 2.27. The van der Waals surface area contributed by atoms with Crippen molar-refractivity contribution in [3.63, 3.8) is 0 Å². The van der Waals surface area contributed by atoms with Gasteiger partial charge in [-0.15, -0.1) is 0 Å². The van der Waals surface area contributed by atoms with Gasteiger partial charge in [0.05, 0.1) is 0 Å². The molecular formula is C30H48. The lowest BCUT2D eigenvalue weighted by Gasteiger charge is -2.33. The fourth-order valence-corrected chi connectivity index (χ4v) is 3.37. The van der Waals surface area contributed by atoms with Gasteiger partial charge in [0.2, 0.25) is 0 Å². The second kappa shape index (κ2) is 11.5. The number of rotatable bonds is 6. The van der Waals surface area contributed by atoms with E-state index in [4.69, 9.17) is 0 Å². The van der Waals surface area contributed by atoms with E-state index in [9.17, 15) is 0 Å². The lowest BCUT2D eigenvalue weighted by Crippen LogP contribution is -2.22. The Morgan fingerprint density at radius 2 is 0.800 bits per heavy atom. The van der Waals surface area contributed by atoms with Crippen LogP contribution in [0.2, 0.25) is 0 Å². The quantitative estimate of drug-likeness (QED) is 0.383. The maximum atomic E-state index is 2.36. The van der Waals surface area contributed by atoms with E-state index in [2.05, 4.69) is 156 Å². The van der Waals surface area contributed by atoms with Gasteiger partial charge in [0, 0.05) is 0 Å². The summed E-state index contributed by atoms with van der Waals surface area (Å²) in [5, 5.41) is 0. The first kappa shape index (κ1) is 28.2. The van der Waals surface area contributed by atoms with E-state index >= 15 is 0 Å². The van der Waals surface area contributed by atoms with Crippen molar-refractivity contribution in [3.8, 4) is 0 Å². The SMILES string of the molecule is CC(C)(C)\C=C(/C=C/C=C/C=C/C=C/C=C/C=C(C(C)(C)C)C(C)(C)C)C(C)(C)C. The smallest absolute Gasteiger partial charge is 0.0135 e. The maximum absolute atomic E-state index is 2.36. The molecule has 30 heavy (non-hydrogen) atoms. The molecule has 0 N–H and O–H groups in total. The molecule has 0 aromatic carbocycles. The molecule has 0 spiro atoms. The molecule has 0 rings (SSSR count). The summed E-state index contributed by atoms with van der Waals surface area (Å²) in [5.74, 6) is 0. The predicted octanol–water partition coefficient (Wildman–Crippen LogP) is 9.80. The van der Waals surface area contributed by atoms with Gasteiger partial charge in [0.25, 0.3) is 0 Å². The fourth-order valence-electron chi connectivity index (χ4n) is 3.37. The van der Waals surface area contributed by atoms with E-state index in [0.717, 1.165) is 0 Å². The molecule has 0 heterocycles. The topological polar surface area (TPSA) is 0 Å². The Kier molecular flexibility index (Phi) is 10.8. The van der Waals surface area contributed by atoms with Crippen LogP contribution in [0.1, 0.15) is 83.1 Å². The Morgan fingerprint density at radius 3 is 1.13 bits per heavy atom. The summed E-state index contributed by atoms with van der Waals surface area (Å²) in [5.41, 5.74) is 3.52. The van der Waals surface area contributed by atoms with Crippen LogP contribution in [0, 0.1) is 21.7 Å². The van der Waals surface area contributed by atoms with Gasteiger partial charge in [-0.1, -0.05) is 162 Å². The van der Waals surface area contributed by atoms with Gasteiger partial charge in [0.15, 0.2) is 0 Å². The summed E-state index contributed by atoms with van der Waals surface area (Å²) in [7, 11) is 0. The number of hydrogen-bond acceptors (Lipinski definition) is 0. The minimum Gasteiger partial charge on any atom is -0.0754 e. The van der Waals surface area contributed by atoms with Crippen molar-refractivity contribution in [1.82, 2.24) is 0 Å². The Morgan fingerprint density at radius 1 is 0.433 bits per heavy atom. The van der Waals surface area contributed by atoms with Crippen LogP contribution in [0.4, 0.5) is 0 Å². The second-order valence-corrected chi connectivity index (χ2v) is 12.2. The van der Waals surface area contributed by atoms with Gasteiger partial charge in [-0.2, -0.15) is 0 Å². The first-order chi connectivity index (χ1) is 13.4. The van der Waals surface area contributed by atoms with Crippen LogP contribution in [0.15, 0.2) is 84.1 Å². The highest BCUT2D eigenvalue weighted by molar-refractivity contribution is 5.30. The Balaban J connectivity index is 4.90. The summed E-state index contributed by atoms with van der Waals surface area (Å²) in [6.07, 6.45) is 25.6. The Labute approximate surface area is 188 Å². The summed E-state index contributed by atoms with van der Waals surface area (Å²) >= 11 is 0. The highest BCUT2D eigenvalue weighted by atomic mass is 14.3. The summed E-state index contributed by atoms with van der Waals surface area (Å²) in [6.45, 7) is 27.2. The largest absolute Gasteiger partial charge is 0.0754 e. The first-order valence-electron chi connectivity index (χ1n) is 11.2. The molecule has 0 amide bonds. The summed E-state index contributed by atoms with van der Waals surface area (Å²) < 4.78 is 0. The predicted molar refractivity (Wildman–Crippen MR) is 140 cm³/mol. The molecule has 0 saturated carbocycles. The van der Waals surface area contributed by atoms with E-state index in [-0.39, 0.29) is 21.7 Å². The van der Waals surface area contributed by atoms with Gasteiger partial charge >= 0.3 is 0 Å². The molecule has 168 valence electrons. The molecule has 0 aliphatic carbocycles. The molecule has 0 bridgehead atoms. The van der Waals surface area contributed by atoms with Crippen molar-refractivity contribution >= 4 is 0 Å². The molecule has 0 atom stereocenters. The van der Waals surface area contributed by atoms with Crippen LogP contribution >= 0.6 is 0 Å². The number of hydrogen-bond donors (Lipinski definition) is 0. The van der Waals surface area contributed by atoms with Crippen molar-refractivity contribution in [2.75, 3.05) is 0 Å². The van der Waals surface area contributed by atoms with Crippen LogP contribution in [0.25, 0.3) is 0 Å². The van der Waals surface area contributed by atoms with Gasteiger partial charge in [-0.25, -0.2) is 0 Å². The highest BCUT2D eigenvalue weighted by Crippen LogP contribution is 2.39. The minimum absolute atomic E-state index is 0.150. The molecule has 0 aromatic rings. The number of allylic oxidation sites excluding steroid dienone is 14. The van der Waals surface area contributed by atoms with Crippen molar-refractivity contribution in [2.24, 2.45) is 21.7 Å². The van der Waals surface area contributed by atoms with E-state index < -0.39 is 0 Å². The molecule has 0 aromatic heterocycles. The van der Waals surface area contributed by atoms with Crippen LogP contribution in [0.3, 0.4) is 0 Å². The van der Waals surface area contributed by atoms with E-state index in [0.29, 0.717) is 0 Å². The zero-order chi connectivity index (χ0) is 23.6. The third kappa shape index (κ3) is 13.4. The molecule has 0 aliphatic heterocycles. The Hall–Kier alpha value is -1.82. The van der Waals surface area contributed by atoms with Crippen molar-refractivity contribution in [3.05, 3.63) is 84.1 Å². The van der Waals surface area contributed by atoms with Gasteiger partial charge < -0.3 is 0 Å². The molecule has 0 saturated heterocycles. The van der Waals surface area contributed by atoms with Crippen LogP contribution < -0.4 is 0 Å². The third-order valence-electron chi connectivity index (χ3n) is 4.50. The maximum Gasteiger partial charge on any atom is -0.0135 e. The van der Waals surface area contributed by atoms with Gasteiger partial charge in [-0.3, -0.25) is 0 Å². The second-order valence-electron chi connectivity index (χ2n) is 12.2. The summed E-state index contributed by atoms with van der Waals surface area (Å²) in [4.78, 5) is 0. The molecule has 0 aliphatic rings. The van der Waals surface area contributed by atoms with Crippen LogP contribution in [-0.4, -0.2) is 0 Å². The van der Waals surface area contributed by atoms with Crippen LogP contribution in [0.5, 0.6) is 0 Å². The lowest BCUT2D eigenvalue weighted by molar-refractivity contribution is 0.362. The van der Waals surface area contributed by atoms with E-state index in [1.54, 1.807) is 0 Å². The minimum atomic E-state index is 0.150. The molecule has 0 unspecified atom stereocenters. The molecule has 0 nitrogen and oxygen atoms in total. The van der Waals surface area contributed by atoms with Crippen molar-refractivity contribution in [2.45, 2.75) is 83.1 Å². The van der Waals surface area contributed by atoms with Gasteiger partial charge in [0.1, 0.15) is 0 Å². The average Bonchev–Trinajstić information content (AvgIpc) is 2.50. The average molecular weight is 409 g/mol. The van der Waals surface area contributed by atoms with Crippen molar-refractivity contribution < 1.29 is 0 Å². The molecular weight excluding hydrogens is 360 g/mol. The lowest BCUT2D eigenvalue weighted by atomic mass is 9.72. The summed E-state index contributed by atoms with van der Waals surface area (Å²) in [6, 6.07) is 0. The monoisotopic (exact) mass is 408 g/mol. The zero-order valence-corrected chi connectivity index (χ0v) is 21.9. The molecule has 0 radical (unpaired) electrons. The van der Waals surface area contributed by atoms with Crippen molar-refractivity contribution in [1.29, 1.82) is 0 Å². The van der Waals surface area contributed by atoms with Gasteiger partial charge in [-0.05, 0) is 27.2 Å². The molecule has 0 heteroatoms. The standard InChI is InChI=1S/C30H48/c1-27(2,3)24-25(28(4,5)6)22-20-18-16-14-13-15-17-19-21-23-26(29(7,8)9)30(10,11)12/h13-24H,1-12H3/b14-13+,17-15+,18-16+,21-19+,22-20+,25-24+. The van der Waals surface area contributed by atoms with E-state index in [1.807, 2.05) is 0 Å². The zero-order valence-electron chi connectivity index (χ0n) is 21.9. The van der Waals surface area contributed by atoms with Crippen LogP contribution in [-0.2, 0) is 0 Å². The fraction of sp³-hybridized carbons (Fsp3) is 0.533.